The Morgan fingerprint density at radius 2 is 2.14 bits per heavy atom. The third-order valence-electron chi connectivity index (χ3n) is 3.17. The Balaban J connectivity index is 1.91. The number of hydrogen-bond acceptors (Lipinski definition) is 3. The first-order chi connectivity index (χ1) is 6.66. The van der Waals surface area contributed by atoms with E-state index in [9.17, 15) is 9.90 Å². The SMILES string of the molecule is O=C(O)C(CC1CC1)N1CCC(O)C1. The number of carboxylic acids is 1. The van der Waals surface area contributed by atoms with Crippen molar-refractivity contribution in [3.8, 4) is 0 Å². The lowest BCUT2D eigenvalue weighted by Crippen LogP contribution is -2.40. The van der Waals surface area contributed by atoms with Crippen molar-refractivity contribution in [2.45, 2.75) is 37.8 Å². The van der Waals surface area contributed by atoms with Crippen LogP contribution in [0.25, 0.3) is 0 Å². The van der Waals surface area contributed by atoms with E-state index in [2.05, 4.69) is 0 Å². The van der Waals surface area contributed by atoms with Crippen molar-refractivity contribution >= 4 is 5.97 Å². The Labute approximate surface area is 83.5 Å². The van der Waals surface area contributed by atoms with E-state index in [0.717, 1.165) is 13.0 Å². The van der Waals surface area contributed by atoms with Crippen LogP contribution in [-0.2, 0) is 4.79 Å². The molecule has 14 heavy (non-hydrogen) atoms. The van der Waals surface area contributed by atoms with Crippen LogP contribution in [0.4, 0.5) is 0 Å². The van der Waals surface area contributed by atoms with E-state index in [1.807, 2.05) is 4.90 Å². The molecule has 0 bridgehead atoms. The summed E-state index contributed by atoms with van der Waals surface area (Å²) in [7, 11) is 0. The molecule has 0 spiro atoms. The van der Waals surface area contributed by atoms with Gasteiger partial charge < -0.3 is 10.2 Å². The van der Waals surface area contributed by atoms with Gasteiger partial charge in [-0.1, -0.05) is 12.8 Å². The highest BCUT2D eigenvalue weighted by Gasteiger charge is 2.35. The number of aliphatic hydroxyl groups is 1. The molecule has 80 valence electrons. The Morgan fingerprint density at radius 1 is 1.43 bits per heavy atom. The zero-order valence-electron chi connectivity index (χ0n) is 8.22. The molecule has 2 N–H and O–H groups in total. The fourth-order valence-corrected chi connectivity index (χ4v) is 2.13. The van der Waals surface area contributed by atoms with Crippen molar-refractivity contribution in [1.82, 2.24) is 4.90 Å². The summed E-state index contributed by atoms with van der Waals surface area (Å²) in [5.74, 6) is -0.111. The van der Waals surface area contributed by atoms with Crippen molar-refractivity contribution < 1.29 is 15.0 Å². The van der Waals surface area contributed by atoms with Gasteiger partial charge in [0, 0.05) is 13.1 Å². The first-order valence-corrected chi connectivity index (χ1v) is 5.31. The second-order valence-corrected chi connectivity index (χ2v) is 4.47. The second-order valence-electron chi connectivity index (χ2n) is 4.47. The molecule has 4 heteroatoms. The van der Waals surface area contributed by atoms with E-state index in [1.165, 1.54) is 12.8 Å². The quantitative estimate of drug-likeness (QED) is 0.684. The van der Waals surface area contributed by atoms with Crippen LogP contribution in [-0.4, -0.2) is 46.3 Å². The molecule has 1 saturated carbocycles. The van der Waals surface area contributed by atoms with E-state index in [4.69, 9.17) is 5.11 Å². The molecule has 1 heterocycles. The topological polar surface area (TPSA) is 60.8 Å². The van der Waals surface area contributed by atoms with Crippen LogP contribution in [0, 0.1) is 5.92 Å². The standard InChI is InChI=1S/C10H17NO3/c12-8-3-4-11(6-8)9(10(13)14)5-7-1-2-7/h7-9,12H,1-6H2,(H,13,14). The zero-order valence-corrected chi connectivity index (χ0v) is 8.22. The fraction of sp³-hybridized carbons (Fsp3) is 0.900. The second kappa shape index (κ2) is 3.87. The lowest BCUT2D eigenvalue weighted by Gasteiger charge is -2.23. The van der Waals surface area contributed by atoms with Crippen molar-refractivity contribution in [3.05, 3.63) is 0 Å². The number of carboxylic acid groups (broad SMARTS) is 1. The Kier molecular flexibility index (Phi) is 2.74. The van der Waals surface area contributed by atoms with Crippen LogP contribution in [0.2, 0.25) is 0 Å². The lowest BCUT2D eigenvalue weighted by molar-refractivity contribution is -0.143. The van der Waals surface area contributed by atoms with Gasteiger partial charge in [0.2, 0.25) is 0 Å². The van der Waals surface area contributed by atoms with Gasteiger partial charge in [0.05, 0.1) is 6.10 Å². The molecule has 4 nitrogen and oxygen atoms in total. The third-order valence-corrected chi connectivity index (χ3v) is 3.17. The highest BCUT2D eigenvalue weighted by molar-refractivity contribution is 5.73. The van der Waals surface area contributed by atoms with Gasteiger partial charge in [-0.2, -0.15) is 0 Å². The number of aliphatic hydroxyl groups excluding tert-OH is 1. The Bertz CT molecular complexity index is 227. The van der Waals surface area contributed by atoms with Crippen LogP contribution in [0.3, 0.4) is 0 Å². The lowest BCUT2D eigenvalue weighted by atomic mass is 10.1. The number of nitrogens with zero attached hydrogens (tertiary/aromatic N) is 1. The molecular weight excluding hydrogens is 182 g/mol. The summed E-state index contributed by atoms with van der Waals surface area (Å²) in [6.07, 6.45) is 3.52. The number of rotatable bonds is 4. The Morgan fingerprint density at radius 3 is 2.57 bits per heavy atom. The van der Waals surface area contributed by atoms with Gasteiger partial charge >= 0.3 is 5.97 Å². The molecular formula is C10H17NO3. The molecule has 1 saturated heterocycles. The molecule has 2 fully saturated rings. The van der Waals surface area contributed by atoms with E-state index >= 15 is 0 Å². The van der Waals surface area contributed by atoms with Gasteiger partial charge in [0.25, 0.3) is 0 Å². The largest absolute Gasteiger partial charge is 0.480 e. The van der Waals surface area contributed by atoms with Crippen LogP contribution >= 0.6 is 0 Å². The highest BCUT2D eigenvalue weighted by Crippen LogP contribution is 2.35. The van der Waals surface area contributed by atoms with Gasteiger partial charge in [0.1, 0.15) is 6.04 Å². The van der Waals surface area contributed by atoms with Crippen molar-refractivity contribution in [2.24, 2.45) is 5.92 Å². The summed E-state index contributed by atoms with van der Waals surface area (Å²) in [6, 6.07) is -0.361. The van der Waals surface area contributed by atoms with Crippen molar-refractivity contribution in [2.75, 3.05) is 13.1 Å². The summed E-state index contributed by atoms with van der Waals surface area (Å²) in [5.41, 5.74) is 0. The first kappa shape index (κ1) is 9.93. The van der Waals surface area contributed by atoms with Gasteiger partial charge in [-0.05, 0) is 18.8 Å². The van der Waals surface area contributed by atoms with Gasteiger partial charge in [0.15, 0.2) is 0 Å². The predicted octanol–water partition coefficient (Wildman–Crippen LogP) is 0.306. The van der Waals surface area contributed by atoms with Gasteiger partial charge in [-0.15, -0.1) is 0 Å². The number of hydrogen-bond donors (Lipinski definition) is 2. The fourth-order valence-electron chi connectivity index (χ4n) is 2.13. The number of likely N-dealkylation sites (tertiary alicyclic amines) is 1. The van der Waals surface area contributed by atoms with E-state index in [0.29, 0.717) is 18.9 Å². The minimum absolute atomic E-state index is 0.323. The summed E-state index contributed by atoms with van der Waals surface area (Å²) in [5, 5.41) is 18.4. The van der Waals surface area contributed by atoms with E-state index < -0.39 is 5.97 Å². The van der Waals surface area contributed by atoms with Crippen LogP contribution in [0.5, 0.6) is 0 Å². The molecule has 2 atom stereocenters. The van der Waals surface area contributed by atoms with E-state index in [1.54, 1.807) is 0 Å². The summed E-state index contributed by atoms with van der Waals surface area (Å²) < 4.78 is 0. The minimum Gasteiger partial charge on any atom is -0.480 e. The maximum Gasteiger partial charge on any atom is 0.320 e. The number of aliphatic carboxylic acids is 1. The monoisotopic (exact) mass is 199 g/mol. The van der Waals surface area contributed by atoms with E-state index in [-0.39, 0.29) is 12.1 Å². The third kappa shape index (κ3) is 2.25. The maximum atomic E-state index is 11.0. The molecule has 0 radical (unpaired) electrons. The molecule has 0 aromatic carbocycles. The number of β-amino-alcohol motifs (C(OH)–C–C–N with tert-alkyl or cyclic N) is 1. The number of carbonyl (C=O) groups is 1. The highest BCUT2D eigenvalue weighted by atomic mass is 16.4. The molecule has 2 aliphatic rings. The summed E-state index contributed by atoms with van der Waals surface area (Å²) >= 11 is 0. The first-order valence-electron chi connectivity index (χ1n) is 5.31. The Hall–Kier alpha value is -0.610. The van der Waals surface area contributed by atoms with Gasteiger partial charge in [-0.25, -0.2) is 0 Å². The molecule has 1 aliphatic heterocycles. The summed E-state index contributed by atoms with van der Waals surface area (Å²) in [6.45, 7) is 1.26. The van der Waals surface area contributed by atoms with Crippen LogP contribution < -0.4 is 0 Å². The van der Waals surface area contributed by atoms with Crippen molar-refractivity contribution in [1.29, 1.82) is 0 Å². The van der Waals surface area contributed by atoms with Crippen LogP contribution in [0.1, 0.15) is 25.7 Å². The predicted molar refractivity (Wildman–Crippen MR) is 51.0 cm³/mol. The summed E-state index contributed by atoms with van der Waals surface area (Å²) in [4.78, 5) is 12.9. The molecule has 1 aliphatic carbocycles. The van der Waals surface area contributed by atoms with Crippen LogP contribution in [0.15, 0.2) is 0 Å². The average molecular weight is 199 g/mol. The zero-order chi connectivity index (χ0) is 10.1. The molecule has 2 unspecified atom stereocenters. The normalized spacial score (nSPS) is 30.5. The maximum absolute atomic E-state index is 11.0. The van der Waals surface area contributed by atoms with Crippen molar-refractivity contribution in [3.63, 3.8) is 0 Å². The molecule has 0 amide bonds. The average Bonchev–Trinajstić information content (AvgIpc) is 2.84. The molecule has 0 aromatic rings. The van der Waals surface area contributed by atoms with Gasteiger partial charge in [-0.3, -0.25) is 9.69 Å². The smallest absolute Gasteiger partial charge is 0.320 e. The molecule has 0 aromatic heterocycles. The molecule has 2 rings (SSSR count). The minimum atomic E-state index is -0.731.